The van der Waals surface area contributed by atoms with Crippen molar-refractivity contribution in [1.29, 1.82) is 0 Å². The van der Waals surface area contributed by atoms with Gasteiger partial charge in [0.05, 0.1) is 27.2 Å². The van der Waals surface area contributed by atoms with Crippen LogP contribution >= 0.6 is 34.5 Å². The molecule has 0 aliphatic heterocycles. The number of thiazole rings is 1. The number of carbonyl (C=O) groups is 1. The Morgan fingerprint density at radius 2 is 1.93 bits per heavy atom. The molecule has 3 rings (SSSR count). The smallest absolute Gasteiger partial charge is 0.321 e. The molecule has 3 aromatic rings. The second kappa shape index (κ2) is 10.2. The molecule has 0 spiro atoms. The maximum atomic E-state index is 12.3. The fourth-order valence-electron chi connectivity index (χ4n) is 2.51. The van der Waals surface area contributed by atoms with Crippen LogP contribution in [0.2, 0.25) is 10.0 Å². The molecule has 7 nitrogen and oxygen atoms in total. The molecule has 0 bridgehead atoms. The fourth-order valence-corrected chi connectivity index (χ4v) is 4.90. The molecule has 0 fully saturated rings. The van der Waals surface area contributed by atoms with E-state index in [0.29, 0.717) is 27.3 Å². The van der Waals surface area contributed by atoms with Crippen molar-refractivity contribution in [2.45, 2.75) is 18.7 Å². The topological polar surface area (TPSA) is 101 Å². The summed E-state index contributed by atoms with van der Waals surface area (Å²) < 4.78 is 24.7. The first-order valence-electron chi connectivity index (χ1n) is 8.84. The number of carbonyl (C=O) groups excluding carboxylic acids is 1. The number of aromatic nitrogens is 2. The van der Waals surface area contributed by atoms with Crippen LogP contribution in [0.15, 0.2) is 48.0 Å². The molecule has 0 saturated heterocycles. The van der Waals surface area contributed by atoms with Gasteiger partial charge >= 0.3 is 6.03 Å². The van der Waals surface area contributed by atoms with E-state index in [0.717, 1.165) is 22.6 Å². The minimum Gasteiger partial charge on any atom is -0.334 e. The van der Waals surface area contributed by atoms with Gasteiger partial charge in [0.2, 0.25) is 0 Å². The molecule has 0 radical (unpaired) electrons. The third kappa shape index (κ3) is 6.94. The summed E-state index contributed by atoms with van der Waals surface area (Å²) in [7, 11) is -3.35. The van der Waals surface area contributed by atoms with Gasteiger partial charge in [0, 0.05) is 30.2 Å². The van der Waals surface area contributed by atoms with Crippen molar-refractivity contribution in [1.82, 2.24) is 15.3 Å². The van der Waals surface area contributed by atoms with Crippen molar-refractivity contribution in [3.05, 3.63) is 75.0 Å². The lowest BCUT2D eigenvalue weighted by atomic mass is 10.2. The molecule has 158 valence electrons. The van der Waals surface area contributed by atoms with Gasteiger partial charge in [-0.05, 0) is 29.8 Å². The molecule has 30 heavy (non-hydrogen) atoms. The Hall–Kier alpha value is -2.20. The van der Waals surface area contributed by atoms with E-state index >= 15 is 0 Å². The number of hydrogen-bond donors (Lipinski definition) is 2. The number of pyridine rings is 1. The summed E-state index contributed by atoms with van der Waals surface area (Å²) in [5.74, 6) is -0.211. The van der Waals surface area contributed by atoms with Crippen molar-refractivity contribution in [3.63, 3.8) is 0 Å². The average Bonchev–Trinajstić information content (AvgIpc) is 3.14. The lowest BCUT2D eigenvalue weighted by Crippen LogP contribution is -2.28. The van der Waals surface area contributed by atoms with E-state index < -0.39 is 15.9 Å². The van der Waals surface area contributed by atoms with Crippen molar-refractivity contribution >= 4 is 55.5 Å². The molecular weight excluding hydrogens is 467 g/mol. The zero-order chi connectivity index (χ0) is 21.6. The van der Waals surface area contributed by atoms with Crippen LogP contribution in [-0.4, -0.2) is 30.2 Å². The number of sulfone groups is 1. The maximum Gasteiger partial charge on any atom is 0.321 e. The Balaban J connectivity index is 1.49. The van der Waals surface area contributed by atoms with Crippen LogP contribution in [0.4, 0.5) is 9.93 Å². The van der Waals surface area contributed by atoms with Crippen LogP contribution in [0.5, 0.6) is 0 Å². The molecule has 0 aliphatic rings. The lowest BCUT2D eigenvalue weighted by Gasteiger charge is -2.06. The van der Waals surface area contributed by atoms with Gasteiger partial charge in [0.25, 0.3) is 0 Å². The van der Waals surface area contributed by atoms with E-state index in [1.54, 1.807) is 41.9 Å². The van der Waals surface area contributed by atoms with Gasteiger partial charge in [-0.3, -0.25) is 10.3 Å². The highest BCUT2D eigenvalue weighted by Crippen LogP contribution is 2.22. The number of urea groups is 1. The average molecular weight is 485 g/mol. The Morgan fingerprint density at radius 1 is 1.10 bits per heavy atom. The number of nitrogens with zero attached hydrogens (tertiary/aromatic N) is 2. The molecule has 1 aromatic carbocycles. The highest BCUT2D eigenvalue weighted by molar-refractivity contribution is 7.90. The Labute approximate surface area is 188 Å². The molecule has 0 atom stereocenters. The summed E-state index contributed by atoms with van der Waals surface area (Å²) in [6, 6.07) is 10.0. The van der Waals surface area contributed by atoms with Crippen LogP contribution in [0.1, 0.15) is 17.0 Å². The maximum absolute atomic E-state index is 12.3. The molecule has 2 amide bonds. The largest absolute Gasteiger partial charge is 0.334 e. The number of halogens is 2. The summed E-state index contributed by atoms with van der Waals surface area (Å²) in [6.07, 6.45) is 1.97. The van der Waals surface area contributed by atoms with E-state index in [2.05, 4.69) is 20.6 Å². The summed E-state index contributed by atoms with van der Waals surface area (Å²) >= 11 is 13.0. The zero-order valence-corrected chi connectivity index (χ0v) is 18.8. The summed E-state index contributed by atoms with van der Waals surface area (Å²) in [6.45, 7) is 0.253. The second-order valence-corrected chi connectivity index (χ2v) is 10.2. The van der Waals surface area contributed by atoms with E-state index in [-0.39, 0.29) is 18.1 Å². The van der Waals surface area contributed by atoms with Crippen LogP contribution in [0.25, 0.3) is 0 Å². The first kappa shape index (κ1) is 22.5. The quantitative estimate of drug-likeness (QED) is 0.495. The van der Waals surface area contributed by atoms with Gasteiger partial charge in [-0.25, -0.2) is 18.2 Å². The first-order valence-corrected chi connectivity index (χ1v) is 12.3. The monoisotopic (exact) mass is 484 g/mol. The Morgan fingerprint density at radius 3 is 2.67 bits per heavy atom. The molecule has 2 N–H and O–H groups in total. The number of anilines is 1. The number of hydrogen-bond acceptors (Lipinski definition) is 6. The van der Waals surface area contributed by atoms with Gasteiger partial charge < -0.3 is 5.32 Å². The van der Waals surface area contributed by atoms with Crippen LogP contribution in [0, 0.1) is 0 Å². The summed E-state index contributed by atoms with van der Waals surface area (Å²) in [5.41, 5.74) is 1.90. The highest BCUT2D eigenvalue weighted by atomic mass is 35.5. The lowest BCUT2D eigenvalue weighted by molar-refractivity contribution is 0.251. The number of aryl methyl sites for hydroxylation is 1. The van der Waals surface area contributed by atoms with Crippen molar-refractivity contribution in [3.8, 4) is 0 Å². The zero-order valence-electron chi connectivity index (χ0n) is 15.6. The molecule has 2 heterocycles. The van der Waals surface area contributed by atoms with Gasteiger partial charge in [0.15, 0.2) is 15.0 Å². The number of amides is 2. The van der Waals surface area contributed by atoms with Crippen molar-refractivity contribution in [2.24, 2.45) is 0 Å². The SMILES string of the molecule is O=C(NCc1ccc(Cl)c(Cl)c1)Nc1nc(CS(=O)(=O)CCc2ccccn2)cs1. The molecule has 0 aliphatic carbocycles. The minimum absolute atomic E-state index is 0.0194. The van der Waals surface area contributed by atoms with Gasteiger partial charge in [-0.1, -0.05) is 35.3 Å². The standard InChI is InChI=1S/C19H18Cl2N4O3S2/c20-16-5-4-13(9-17(16)21)10-23-18(26)25-19-24-15(11-29-19)12-30(27,28)8-6-14-3-1-2-7-22-14/h1-5,7,9,11H,6,8,10,12H2,(H2,23,24,25,26). The van der Waals surface area contributed by atoms with Crippen LogP contribution < -0.4 is 10.6 Å². The van der Waals surface area contributed by atoms with Gasteiger partial charge in [0.1, 0.15) is 0 Å². The third-order valence-corrected chi connectivity index (χ3v) is 7.08. The summed E-state index contributed by atoms with van der Waals surface area (Å²) in [4.78, 5) is 20.4. The Bertz CT molecular complexity index is 1120. The molecule has 2 aromatic heterocycles. The third-order valence-electron chi connectivity index (χ3n) is 3.97. The minimum atomic E-state index is -3.35. The second-order valence-electron chi connectivity index (χ2n) is 6.36. The van der Waals surface area contributed by atoms with E-state index in [4.69, 9.17) is 23.2 Å². The van der Waals surface area contributed by atoms with Gasteiger partial charge in [-0.2, -0.15) is 0 Å². The van der Waals surface area contributed by atoms with E-state index in [9.17, 15) is 13.2 Å². The first-order chi connectivity index (χ1) is 14.3. The molecule has 0 saturated carbocycles. The normalized spacial score (nSPS) is 11.3. The fraction of sp³-hybridized carbons (Fsp3) is 0.211. The number of benzene rings is 1. The predicted octanol–water partition coefficient (Wildman–Crippen LogP) is 4.32. The highest BCUT2D eigenvalue weighted by Gasteiger charge is 2.16. The van der Waals surface area contributed by atoms with Crippen LogP contribution in [0.3, 0.4) is 0 Å². The van der Waals surface area contributed by atoms with Crippen LogP contribution in [-0.2, 0) is 28.6 Å². The summed E-state index contributed by atoms with van der Waals surface area (Å²) in [5, 5.41) is 8.06. The number of rotatable bonds is 8. The Kier molecular flexibility index (Phi) is 7.65. The molecular formula is C19H18Cl2N4O3S2. The molecule has 11 heteroatoms. The molecule has 0 unspecified atom stereocenters. The van der Waals surface area contributed by atoms with E-state index in [1.807, 2.05) is 6.07 Å². The predicted molar refractivity (Wildman–Crippen MR) is 120 cm³/mol. The van der Waals surface area contributed by atoms with Crippen molar-refractivity contribution in [2.75, 3.05) is 11.1 Å². The number of nitrogens with one attached hydrogen (secondary N) is 2. The van der Waals surface area contributed by atoms with Gasteiger partial charge in [-0.15, -0.1) is 11.3 Å². The van der Waals surface area contributed by atoms with E-state index in [1.165, 1.54) is 0 Å². The van der Waals surface area contributed by atoms with Crippen molar-refractivity contribution < 1.29 is 13.2 Å².